The lowest BCUT2D eigenvalue weighted by molar-refractivity contribution is -0.115. The van der Waals surface area contributed by atoms with Crippen molar-refractivity contribution in [2.75, 3.05) is 26.7 Å². The molecule has 0 amide bonds. The predicted octanol–water partition coefficient (Wildman–Crippen LogP) is 7.41. The maximum absolute atomic E-state index is 11.6. The Bertz CT molecular complexity index is 349. The summed E-state index contributed by atoms with van der Waals surface area (Å²) in [6.45, 7) is 9.09. The van der Waals surface area contributed by atoms with Crippen molar-refractivity contribution in [2.45, 2.75) is 96.9 Å². The van der Waals surface area contributed by atoms with Crippen molar-refractivity contribution in [1.29, 1.82) is 0 Å². The zero-order chi connectivity index (χ0) is 21.9. The lowest BCUT2D eigenvalue weighted by atomic mass is 9.95. The van der Waals surface area contributed by atoms with Gasteiger partial charge in [0.05, 0.1) is 5.41 Å². The van der Waals surface area contributed by atoms with Gasteiger partial charge < -0.3 is 9.53 Å². The minimum Gasteiger partial charge on any atom is -0.388 e. The molecule has 0 radical (unpaired) electrons. The van der Waals surface area contributed by atoms with E-state index in [1.54, 1.807) is 14.2 Å². The summed E-state index contributed by atoms with van der Waals surface area (Å²) in [5, 5.41) is 0. The van der Waals surface area contributed by atoms with Crippen LogP contribution in [0.2, 0.25) is 0 Å². The molecule has 0 aromatic heterocycles. The van der Waals surface area contributed by atoms with Crippen molar-refractivity contribution < 1.29 is 35.5 Å². The lowest BCUT2D eigenvalue weighted by Gasteiger charge is -2.21. The van der Waals surface area contributed by atoms with Crippen LogP contribution in [-0.4, -0.2) is 53.8 Å². The van der Waals surface area contributed by atoms with Gasteiger partial charge in [0.1, 0.15) is 15.6 Å². The molecule has 0 bridgehead atoms. The van der Waals surface area contributed by atoms with E-state index in [0.29, 0.717) is 0 Å². The molecule has 0 spiro atoms. The lowest BCUT2D eigenvalue weighted by Crippen LogP contribution is -2.29. The van der Waals surface area contributed by atoms with E-state index in [4.69, 9.17) is 0 Å². The second-order valence-corrected chi connectivity index (χ2v) is 8.17. The van der Waals surface area contributed by atoms with Crippen LogP contribution in [0.5, 0.6) is 0 Å². The number of hydrogen-bond donors (Lipinski definition) is 0. The number of ketones is 1. The molecule has 0 fully saturated rings. The Balaban J connectivity index is -0.0000000252. The van der Waals surface area contributed by atoms with Gasteiger partial charge in [-0.15, -0.1) is 0 Å². The van der Waals surface area contributed by atoms with Crippen LogP contribution in [0.3, 0.4) is 0 Å². The van der Waals surface area contributed by atoms with Gasteiger partial charge in [0.25, 0.3) is 0 Å². The van der Waals surface area contributed by atoms with Gasteiger partial charge in [-0.3, -0.25) is 0 Å². The molecule has 0 unspecified atom stereocenters. The monoisotopic (exact) mass is 464 g/mol. The van der Waals surface area contributed by atoms with Gasteiger partial charge in [-0.25, -0.2) is 26.0 Å². The van der Waals surface area contributed by atoms with Crippen LogP contribution in [0.4, 0.5) is 17.6 Å². The van der Waals surface area contributed by atoms with Crippen LogP contribution in [0.25, 0.3) is 0 Å². The maximum atomic E-state index is 11.6. The quantitative estimate of drug-likeness (QED) is 0.408. The number of halogens is 4. The Morgan fingerprint density at radius 1 is 0.828 bits per heavy atom. The van der Waals surface area contributed by atoms with Gasteiger partial charge >= 0.3 is 0 Å². The zero-order valence-electron chi connectivity index (χ0n) is 17.1. The molecular formula is C20H52F4O4S. The van der Waals surface area contributed by atoms with Crippen LogP contribution in [-0.2, 0) is 19.4 Å². The summed E-state index contributed by atoms with van der Waals surface area (Å²) in [6.07, 6.45) is -0.963. The third-order valence-electron chi connectivity index (χ3n) is 1.62. The number of alkyl halides is 4. The summed E-state index contributed by atoms with van der Waals surface area (Å²) in [5.74, 6) is 0.167. The average molecular weight is 465 g/mol. The van der Waals surface area contributed by atoms with Gasteiger partial charge in [-0.1, -0.05) is 56.4 Å². The number of rotatable bonds is 3. The first-order valence-corrected chi connectivity index (χ1v) is 9.83. The Kier molecular flexibility index (Phi) is 67.9. The Labute approximate surface area is 180 Å². The van der Waals surface area contributed by atoms with Crippen LogP contribution < -0.4 is 0 Å². The molecule has 29 heavy (non-hydrogen) atoms. The number of unbranched alkanes of at least 4 members (excludes halogenated alkanes) is 1. The van der Waals surface area contributed by atoms with Crippen LogP contribution in [0.15, 0.2) is 0 Å². The largest absolute Gasteiger partial charge is 0.388 e. The highest BCUT2D eigenvalue weighted by molar-refractivity contribution is 7.89. The summed E-state index contributed by atoms with van der Waals surface area (Å²) < 4.78 is 69.8. The molecule has 190 valence electrons. The van der Waals surface area contributed by atoms with Gasteiger partial charge in [0.15, 0.2) is 0 Å². The van der Waals surface area contributed by atoms with Crippen molar-refractivity contribution in [2.24, 2.45) is 5.41 Å². The number of methoxy groups -OCH3 is 1. The molecule has 0 saturated heterocycles. The fourth-order valence-electron chi connectivity index (χ4n) is 0.0952. The van der Waals surface area contributed by atoms with Crippen molar-refractivity contribution in [3.63, 3.8) is 0 Å². The molecular weight excluding hydrogens is 412 g/mol. The number of hydrogen-bond acceptors (Lipinski definition) is 4. The molecule has 0 saturated carbocycles. The number of carbonyl (C=O) groups is 1. The molecule has 0 aliphatic carbocycles. The van der Waals surface area contributed by atoms with Gasteiger partial charge in [-0.05, 0) is 27.7 Å². The Hall–Kier alpha value is -0.700. The number of ether oxygens (including phenoxy) is 1. The third-order valence-corrected chi connectivity index (χ3v) is 1.62. The van der Waals surface area contributed by atoms with Gasteiger partial charge in [0.2, 0.25) is 12.9 Å². The second kappa shape index (κ2) is 34.8. The highest BCUT2D eigenvalue weighted by Gasteiger charge is 2.38. The molecule has 0 rings (SSSR count). The standard InChI is InChI=1S/C5H8F4.C4H10.C3H6O.C2H6O2S.C2H6O.4CH4/c1-5(2,3(6)7)4(8)9;1-3-4-2;1-3(2)4;1-5(2,3)4;1-3-2;;;;/h3-4H,1-2H3;3-4H2,1-2H3;1-2H3;1-2H3;1-2H3;4*1H4. The SMILES string of the molecule is C.C.C.C.CC(C)(C(F)F)C(F)F.CC(C)=O.CCCC.COC.CS(C)(=O)=O. The maximum Gasteiger partial charge on any atom is 0.249 e. The molecule has 4 nitrogen and oxygen atoms in total. The fourth-order valence-corrected chi connectivity index (χ4v) is 0.0952. The topological polar surface area (TPSA) is 60.4 Å². The van der Waals surface area contributed by atoms with Crippen LogP contribution >= 0.6 is 0 Å². The molecule has 0 aromatic rings. The van der Waals surface area contributed by atoms with E-state index in [2.05, 4.69) is 18.6 Å². The van der Waals surface area contributed by atoms with Crippen molar-refractivity contribution in [3.8, 4) is 0 Å². The highest BCUT2D eigenvalue weighted by Crippen LogP contribution is 2.31. The predicted molar refractivity (Wildman–Crippen MR) is 123 cm³/mol. The van der Waals surface area contributed by atoms with Gasteiger partial charge in [0, 0.05) is 26.7 Å². The first-order chi connectivity index (χ1) is 10.9. The van der Waals surface area contributed by atoms with Crippen LogP contribution in [0.1, 0.15) is 84.1 Å². The number of Topliss-reactive ketones (excluding diaryl/α,β-unsaturated/α-hetero) is 1. The normalized spacial score (nSPS) is 8.69. The number of carbonyl (C=O) groups excluding carboxylic acids is 1. The van der Waals surface area contributed by atoms with E-state index in [-0.39, 0.29) is 35.5 Å². The first-order valence-electron chi connectivity index (χ1n) is 7.53. The second-order valence-electron chi connectivity index (χ2n) is 5.88. The first kappa shape index (κ1) is 56.6. The summed E-state index contributed by atoms with van der Waals surface area (Å²) >= 11 is 0. The molecule has 0 atom stereocenters. The molecule has 0 aromatic carbocycles. The van der Waals surface area contributed by atoms with E-state index in [1.165, 1.54) is 26.7 Å². The molecule has 0 N–H and O–H groups in total. The number of sulfone groups is 1. The average Bonchev–Trinajstić information content (AvgIpc) is 2.37. The van der Waals surface area contributed by atoms with E-state index in [1.807, 2.05) is 0 Å². The van der Waals surface area contributed by atoms with E-state index >= 15 is 0 Å². The summed E-state index contributed by atoms with van der Waals surface area (Å²) in [6, 6.07) is 0. The van der Waals surface area contributed by atoms with E-state index in [9.17, 15) is 30.8 Å². The molecule has 0 aliphatic rings. The summed E-state index contributed by atoms with van der Waals surface area (Å²) in [4.78, 5) is 9.44. The van der Waals surface area contributed by atoms with Crippen molar-refractivity contribution in [1.82, 2.24) is 0 Å². The molecule has 0 heterocycles. The fraction of sp³-hybridized carbons (Fsp3) is 0.950. The van der Waals surface area contributed by atoms with Crippen molar-refractivity contribution >= 4 is 15.6 Å². The van der Waals surface area contributed by atoms with Crippen molar-refractivity contribution in [3.05, 3.63) is 0 Å². The molecule has 9 heteroatoms. The third kappa shape index (κ3) is 116. The Morgan fingerprint density at radius 2 is 0.931 bits per heavy atom. The highest BCUT2D eigenvalue weighted by atomic mass is 32.2. The summed E-state index contributed by atoms with van der Waals surface area (Å²) in [5.41, 5.74) is -2.17. The minimum atomic E-state index is -2.96. The van der Waals surface area contributed by atoms with Crippen LogP contribution in [0, 0.1) is 5.41 Å². The zero-order valence-corrected chi connectivity index (χ0v) is 17.9. The minimum absolute atomic E-state index is 0. The molecule has 0 aliphatic heterocycles. The van der Waals surface area contributed by atoms with E-state index in [0.717, 1.165) is 26.4 Å². The van der Waals surface area contributed by atoms with Gasteiger partial charge in [-0.2, -0.15) is 0 Å². The Morgan fingerprint density at radius 3 is 0.931 bits per heavy atom. The smallest absolute Gasteiger partial charge is 0.249 e. The summed E-state index contributed by atoms with van der Waals surface area (Å²) in [7, 11) is 0.583. The van der Waals surface area contributed by atoms with E-state index < -0.39 is 28.1 Å².